The van der Waals surface area contributed by atoms with Crippen molar-refractivity contribution in [2.75, 3.05) is 20.3 Å². The van der Waals surface area contributed by atoms with Gasteiger partial charge in [0.1, 0.15) is 12.4 Å². The summed E-state index contributed by atoms with van der Waals surface area (Å²) < 4.78 is 42.0. The van der Waals surface area contributed by atoms with Crippen molar-refractivity contribution in [3.05, 3.63) is 47.4 Å². The molecule has 1 amide bonds. The fourth-order valence-corrected chi connectivity index (χ4v) is 3.19. The predicted molar refractivity (Wildman–Crippen MR) is 92.4 cm³/mol. The number of ether oxygens (including phenoxy) is 2. The van der Waals surface area contributed by atoms with Gasteiger partial charge in [-0.05, 0) is 37.8 Å². The molecule has 1 aliphatic rings. The molecule has 1 aliphatic heterocycles. The maximum atomic E-state index is 13.6. The van der Waals surface area contributed by atoms with Crippen molar-refractivity contribution in [3.63, 3.8) is 0 Å². The summed E-state index contributed by atoms with van der Waals surface area (Å²) in [5, 5.41) is 3.82. The van der Waals surface area contributed by atoms with Gasteiger partial charge in [-0.2, -0.15) is 0 Å². The smallest absolute Gasteiger partial charge is 0.276 e. The van der Waals surface area contributed by atoms with Crippen LogP contribution in [0.4, 0.5) is 8.78 Å². The van der Waals surface area contributed by atoms with E-state index in [1.165, 1.54) is 12.1 Å². The van der Waals surface area contributed by atoms with Crippen LogP contribution in [0.1, 0.15) is 41.9 Å². The van der Waals surface area contributed by atoms with Gasteiger partial charge >= 0.3 is 0 Å². The molecule has 3 rings (SSSR count). The van der Waals surface area contributed by atoms with Gasteiger partial charge in [0.2, 0.25) is 0 Å². The van der Waals surface area contributed by atoms with Crippen molar-refractivity contribution in [2.45, 2.75) is 38.3 Å². The molecule has 1 fully saturated rings. The van der Waals surface area contributed by atoms with Crippen molar-refractivity contribution in [1.82, 2.24) is 10.1 Å². The number of hydrogen-bond donors (Lipinski definition) is 0. The molecule has 0 saturated carbocycles. The Labute approximate surface area is 156 Å². The molecule has 0 radical (unpaired) electrons. The second-order valence-corrected chi connectivity index (χ2v) is 6.47. The number of aromatic nitrogens is 1. The van der Waals surface area contributed by atoms with Gasteiger partial charge in [0.05, 0.1) is 0 Å². The molecule has 27 heavy (non-hydrogen) atoms. The third-order valence-electron chi connectivity index (χ3n) is 4.59. The fraction of sp³-hybridized carbons (Fsp3) is 0.474. The average Bonchev–Trinajstić information content (AvgIpc) is 3.14. The first kappa shape index (κ1) is 19.3. The number of methoxy groups -OCH3 is 1. The van der Waals surface area contributed by atoms with Crippen LogP contribution in [0, 0.1) is 11.6 Å². The van der Waals surface area contributed by atoms with Crippen LogP contribution in [-0.2, 0) is 11.3 Å². The first-order chi connectivity index (χ1) is 13.1. The Kier molecular flexibility index (Phi) is 6.39. The first-order valence-electron chi connectivity index (χ1n) is 8.92. The molecular weight excluding hydrogens is 358 g/mol. The first-order valence-corrected chi connectivity index (χ1v) is 8.92. The Morgan fingerprint density at radius 2 is 2.19 bits per heavy atom. The molecule has 1 atom stereocenters. The zero-order valence-corrected chi connectivity index (χ0v) is 15.1. The molecule has 146 valence electrons. The van der Waals surface area contributed by atoms with Crippen LogP contribution in [0.5, 0.6) is 5.75 Å². The summed E-state index contributed by atoms with van der Waals surface area (Å²) in [6.45, 7) is 1.15. The topological polar surface area (TPSA) is 64.8 Å². The van der Waals surface area contributed by atoms with Crippen molar-refractivity contribution in [2.24, 2.45) is 0 Å². The quantitative estimate of drug-likeness (QED) is 0.735. The standard InChI is InChI=1S/C19H22F2N2O4/c1-25-9-7-14-4-2-3-8-23(14)19(24)17-11-15(27-22-17)12-26-18-6-5-13(20)10-16(18)21/h5-6,10-11,14H,2-4,7-9,12H2,1H3/t14-/m1/s1. The highest BCUT2D eigenvalue weighted by Crippen LogP contribution is 2.23. The monoisotopic (exact) mass is 380 g/mol. The second-order valence-electron chi connectivity index (χ2n) is 6.47. The Bertz CT molecular complexity index is 781. The Morgan fingerprint density at radius 3 is 2.96 bits per heavy atom. The molecule has 1 saturated heterocycles. The molecule has 0 unspecified atom stereocenters. The summed E-state index contributed by atoms with van der Waals surface area (Å²) in [6.07, 6.45) is 3.75. The van der Waals surface area contributed by atoms with E-state index in [0.29, 0.717) is 13.2 Å². The lowest BCUT2D eigenvalue weighted by molar-refractivity contribution is 0.0543. The molecule has 2 heterocycles. The highest BCUT2D eigenvalue weighted by molar-refractivity contribution is 5.92. The maximum absolute atomic E-state index is 13.6. The molecule has 2 aromatic rings. The molecule has 0 spiro atoms. The van der Waals surface area contributed by atoms with Crippen LogP contribution in [0.25, 0.3) is 0 Å². The van der Waals surface area contributed by atoms with E-state index in [1.807, 2.05) is 4.90 Å². The van der Waals surface area contributed by atoms with E-state index in [0.717, 1.165) is 37.8 Å². The number of benzene rings is 1. The van der Waals surface area contributed by atoms with Gasteiger partial charge in [-0.3, -0.25) is 4.79 Å². The normalized spacial score (nSPS) is 17.1. The minimum absolute atomic E-state index is 0.101. The van der Waals surface area contributed by atoms with E-state index in [1.54, 1.807) is 7.11 Å². The average molecular weight is 380 g/mol. The molecule has 0 bridgehead atoms. The van der Waals surface area contributed by atoms with Gasteiger partial charge in [-0.1, -0.05) is 5.16 Å². The molecular formula is C19H22F2N2O4. The summed E-state index contributed by atoms with van der Waals surface area (Å²) in [5.41, 5.74) is 0.192. The lowest BCUT2D eigenvalue weighted by atomic mass is 9.99. The van der Waals surface area contributed by atoms with Crippen LogP contribution in [0.2, 0.25) is 0 Å². The van der Waals surface area contributed by atoms with Crippen molar-refractivity contribution in [3.8, 4) is 5.75 Å². The van der Waals surface area contributed by atoms with Crippen LogP contribution in [-0.4, -0.2) is 42.3 Å². The van der Waals surface area contributed by atoms with E-state index in [9.17, 15) is 13.6 Å². The number of carbonyl (C=O) groups is 1. The zero-order valence-electron chi connectivity index (χ0n) is 15.1. The molecule has 1 aromatic heterocycles. The van der Waals surface area contributed by atoms with E-state index >= 15 is 0 Å². The zero-order chi connectivity index (χ0) is 19.2. The van der Waals surface area contributed by atoms with Crippen molar-refractivity contribution < 1.29 is 27.6 Å². The number of nitrogens with zero attached hydrogens (tertiary/aromatic N) is 2. The van der Waals surface area contributed by atoms with Gasteiger partial charge in [0.15, 0.2) is 23.0 Å². The third kappa shape index (κ3) is 4.82. The number of carbonyl (C=O) groups excluding carboxylic acids is 1. The molecule has 8 heteroatoms. The summed E-state index contributed by atoms with van der Waals surface area (Å²) in [4.78, 5) is 14.6. The Balaban J connectivity index is 1.62. The van der Waals surface area contributed by atoms with Gasteiger partial charge in [-0.25, -0.2) is 8.78 Å². The number of piperidine rings is 1. The van der Waals surface area contributed by atoms with Gasteiger partial charge in [-0.15, -0.1) is 0 Å². The van der Waals surface area contributed by atoms with Crippen LogP contribution < -0.4 is 4.74 Å². The number of likely N-dealkylation sites (tertiary alicyclic amines) is 1. The number of halogens is 2. The van der Waals surface area contributed by atoms with Crippen LogP contribution in [0.15, 0.2) is 28.8 Å². The van der Waals surface area contributed by atoms with Gasteiger partial charge in [0.25, 0.3) is 5.91 Å². The van der Waals surface area contributed by atoms with Crippen LogP contribution in [0.3, 0.4) is 0 Å². The number of rotatable bonds is 7. The summed E-state index contributed by atoms with van der Waals surface area (Å²) in [5.74, 6) is -1.50. The molecule has 1 aromatic carbocycles. The largest absolute Gasteiger partial charge is 0.482 e. The summed E-state index contributed by atoms with van der Waals surface area (Å²) >= 11 is 0. The summed E-state index contributed by atoms with van der Waals surface area (Å²) in [6, 6.07) is 4.65. The minimum Gasteiger partial charge on any atom is -0.482 e. The Morgan fingerprint density at radius 1 is 1.33 bits per heavy atom. The third-order valence-corrected chi connectivity index (χ3v) is 4.59. The van der Waals surface area contributed by atoms with E-state index < -0.39 is 11.6 Å². The number of amides is 1. The SMILES string of the molecule is COCC[C@H]1CCCCN1C(=O)c1cc(COc2ccc(F)cc2F)on1. The van der Waals surface area contributed by atoms with E-state index in [4.69, 9.17) is 14.0 Å². The van der Waals surface area contributed by atoms with Gasteiger partial charge in [0, 0.05) is 38.4 Å². The lowest BCUT2D eigenvalue weighted by Crippen LogP contribution is -2.44. The minimum atomic E-state index is -0.805. The number of hydrogen-bond acceptors (Lipinski definition) is 5. The summed E-state index contributed by atoms with van der Waals surface area (Å²) in [7, 11) is 1.64. The highest BCUT2D eigenvalue weighted by atomic mass is 19.1. The van der Waals surface area contributed by atoms with Crippen molar-refractivity contribution in [1.29, 1.82) is 0 Å². The van der Waals surface area contributed by atoms with Gasteiger partial charge < -0.3 is 18.9 Å². The Hall–Kier alpha value is -2.48. The lowest BCUT2D eigenvalue weighted by Gasteiger charge is -2.35. The van der Waals surface area contributed by atoms with Crippen LogP contribution >= 0.6 is 0 Å². The van der Waals surface area contributed by atoms with E-state index in [-0.39, 0.29) is 35.8 Å². The fourth-order valence-electron chi connectivity index (χ4n) is 3.19. The molecule has 0 aliphatic carbocycles. The molecule has 6 nitrogen and oxygen atoms in total. The highest BCUT2D eigenvalue weighted by Gasteiger charge is 2.29. The predicted octanol–water partition coefficient (Wildman–Crippen LogP) is 3.56. The van der Waals surface area contributed by atoms with E-state index in [2.05, 4.69) is 5.16 Å². The maximum Gasteiger partial charge on any atom is 0.276 e. The second kappa shape index (κ2) is 8.94. The molecule has 0 N–H and O–H groups in total. The van der Waals surface area contributed by atoms with Crippen molar-refractivity contribution >= 4 is 5.91 Å².